The zero-order valence-corrected chi connectivity index (χ0v) is 13.8. The number of pyridine rings is 1. The number of carbonyl (C=O) groups excluding carboxylic acids is 1. The molecule has 0 spiro atoms. The summed E-state index contributed by atoms with van der Waals surface area (Å²) in [5.74, 6) is -0.0249. The van der Waals surface area contributed by atoms with Crippen LogP contribution >= 0.6 is 22.6 Å². The first-order valence-corrected chi connectivity index (χ1v) is 7.47. The van der Waals surface area contributed by atoms with E-state index in [1.165, 1.54) is 0 Å². The number of hydrogen-bond acceptors (Lipinski definition) is 2. The van der Waals surface area contributed by atoms with Gasteiger partial charge in [0.25, 0.3) is 0 Å². The summed E-state index contributed by atoms with van der Waals surface area (Å²) >= 11 is 2.27. The molecule has 2 aromatic rings. The Balaban J connectivity index is 2.29. The summed E-state index contributed by atoms with van der Waals surface area (Å²) in [4.78, 5) is 16.5. The molecule has 0 unspecified atom stereocenters. The highest BCUT2D eigenvalue weighted by Gasteiger charge is 2.18. The maximum Gasteiger partial charge on any atom is 0.225 e. The molecule has 3 nitrogen and oxygen atoms in total. The van der Waals surface area contributed by atoms with Gasteiger partial charge in [0, 0.05) is 21.6 Å². The number of nitrogens with one attached hydrogen (secondary N) is 1. The highest BCUT2D eigenvalue weighted by atomic mass is 127. The van der Waals surface area contributed by atoms with Crippen molar-refractivity contribution in [2.24, 2.45) is 5.41 Å². The van der Waals surface area contributed by atoms with Crippen LogP contribution in [0.1, 0.15) is 20.3 Å². The van der Waals surface area contributed by atoms with Gasteiger partial charge in [0.15, 0.2) is 0 Å². The second-order valence-electron chi connectivity index (χ2n) is 5.41. The highest BCUT2D eigenvalue weighted by molar-refractivity contribution is 14.1. The van der Waals surface area contributed by atoms with Gasteiger partial charge in [0.2, 0.25) is 5.91 Å². The fourth-order valence-electron chi connectivity index (χ4n) is 1.92. The SMILES string of the molecule is C=CC(C)(C)CC(=O)Nc1ccc(I)c2cccnc12. The van der Waals surface area contributed by atoms with Crippen LogP contribution in [0.4, 0.5) is 5.69 Å². The zero-order valence-electron chi connectivity index (χ0n) is 11.6. The summed E-state index contributed by atoms with van der Waals surface area (Å²) in [5, 5.41) is 4.00. The van der Waals surface area contributed by atoms with Crippen LogP contribution in [0.5, 0.6) is 0 Å². The topological polar surface area (TPSA) is 42.0 Å². The van der Waals surface area contributed by atoms with Crippen LogP contribution in [0.3, 0.4) is 0 Å². The Morgan fingerprint density at radius 3 is 2.90 bits per heavy atom. The van der Waals surface area contributed by atoms with Crippen molar-refractivity contribution in [2.75, 3.05) is 5.32 Å². The van der Waals surface area contributed by atoms with E-state index >= 15 is 0 Å². The summed E-state index contributed by atoms with van der Waals surface area (Å²) < 4.78 is 1.12. The third-order valence-corrected chi connectivity index (χ3v) is 4.10. The molecule has 20 heavy (non-hydrogen) atoms. The van der Waals surface area contributed by atoms with Crippen molar-refractivity contribution >= 4 is 45.1 Å². The lowest BCUT2D eigenvalue weighted by atomic mass is 9.89. The largest absolute Gasteiger partial charge is 0.324 e. The molecule has 1 aromatic carbocycles. The van der Waals surface area contributed by atoms with Crippen LogP contribution in [0.15, 0.2) is 43.1 Å². The van der Waals surface area contributed by atoms with Crippen LogP contribution in [-0.4, -0.2) is 10.9 Å². The Kier molecular flexibility index (Phi) is 4.42. The number of carbonyl (C=O) groups is 1. The third-order valence-electron chi connectivity index (χ3n) is 3.16. The molecule has 0 bridgehead atoms. The highest BCUT2D eigenvalue weighted by Crippen LogP contribution is 2.27. The molecule has 1 aromatic heterocycles. The van der Waals surface area contributed by atoms with Gasteiger partial charge >= 0.3 is 0 Å². The number of halogens is 1. The quantitative estimate of drug-likeness (QED) is 0.632. The number of fused-ring (bicyclic) bond motifs is 1. The van der Waals surface area contributed by atoms with E-state index in [1.54, 1.807) is 12.3 Å². The standard InChI is InChI=1S/C16H17IN2O/c1-4-16(2,3)10-14(20)19-13-8-7-12(17)11-6-5-9-18-15(11)13/h4-9H,1,10H2,2-3H3,(H,19,20). The Hall–Kier alpha value is -1.43. The van der Waals surface area contributed by atoms with Crippen molar-refractivity contribution in [3.8, 4) is 0 Å². The summed E-state index contributed by atoms with van der Waals surface area (Å²) in [7, 11) is 0. The number of amides is 1. The predicted octanol–water partition coefficient (Wildman–Crippen LogP) is 4.38. The first-order chi connectivity index (χ1) is 9.43. The minimum absolute atomic E-state index is 0.0249. The fourth-order valence-corrected chi connectivity index (χ4v) is 2.53. The second-order valence-corrected chi connectivity index (χ2v) is 6.57. The van der Waals surface area contributed by atoms with Gasteiger partial charge in [-0.2, -0.15) is 0 Å². The molecule has 4 heteroatoms. The van der Waals surface area contributed by atoms with Crippen molar-refractivity contribution < 1.29 is 4.79 Å². The molecule has 2 rings (SSSR count). The average Bonchev–Trinajstić information content (AvgIpc) is 2.42. The Morgan fingerprint density at radius 1 is 1.45 bits per heavy atom. The van der Waals surface area contributed by atoms with Crippen molar-refractivity contribution in [1.29, 1.82) is 0 Å². The number of nitrogens with zero attached hydrogens (tertiary/aromatic N) is 1. The predicted molar refractivity (Wildman–Crippen MR) is 91.7 cm³/mol. The van der Waals surface area contributed by atoms with Crippen molar-refractivity contribution in [3.05, 3.63) is 46.7 Å². The van der Waals surface area contributed by atoms with Gasteiger partial charge in [0.1, 0.15) is 0 Å². The second kappa shape index (κ2) is 5.91. The number of anilines is 1. The number of allylic oxidation sites excluding steroid dienone is 1. The smallest absolute Gasteiger partial charge is 0.225 e. The summed E-state index contributed by atoms with van der Waals surface area (Å²) in [6, 6.07) is 7.79. The molecule has 0 atom stereocenters. The van der Waals surface area contributed by atoms with E-state index in [1.807, 2.05) is 38.1 Å². The van der Waals surface area contributed by atoms with Gasteiger partial charge in [-0.05, 0) is 46.2 Å². The number of hydrogen-bond donors (Lipinski definition) is 1. The van der Waals surface area contributed by atoms with E-state index in [0.29, 0.717) is 6.42 Å². The van der Waals surface area contributed by atoms with Gasteiger partial charge in [-0.15, -0.1) is 6.58 Å². The minimum Gasteiger partial charge on any atom is -0.324 e. The molecule has 1 N–H and O–H groups in total. The van der Waals surface area contributed by atoms with E-state index in [-0.39, 0.29) is 11.3 Å². The van der Waals surface area contributed by atoms with Crippen molar-refractivity contribution in [1.82, 2.24) is 4.98 Å². The zero-order chi connectivity index (χ0) is 14.8. The maximum absolute atomic E-state index is 12.1. The lowest BCUT2D eigenvalue weighted by Crippen LogP contribution is -2.20. The van der Waals surface area contributed by atoms with E-state index in [9.17, 15) is 4.79 Å². The van der Waals surface area contributed by atoms with Gasteiger partial charge < -0.3 is 5.32 Å². The first-order valence-electron chi connectivity index (χ1n) is 6.39. The molecule has 0 fully saturated rings. The van der Waals surface area contributed by atoms with E-state index in [0.717, 1.165) is 20.2 Å². The van der Waals surface area contributed by atoms with Crippen molar-refractivity contribution in [3.63, 3.8) is 0 Å². The molecule has 0 saturated heterocycles. The van der Waals surface area contributed by atoms with E-state index < -0.39 is 0 Å². The molecule has 1 heterocycles. The molecule has 104 valence electrons. The number of benzene rings is 1. The fraction of sp³-hybridized carbons (Fsp3) is 0.250. The first kappa shape index (κ1) is 15.0. The summed E-state index contributed by atoms with van der Waals surface area (Å²) in [6.45, 7) is 7.74. The Labute approximate surface area is 132 Å². The molecule has 0 aliphatic heterocycles. The van der Waals surface area contributed by atoms with Crippen LogP contribution < -0.4 is 5.32 Å². The van der Waals surface area contributed by atoms with Gasteiger partial charge in [-0.1, -0.05) is 26.0 Å². The van der Waals surface area contributed by atoms with Crippen LogP contribution in [0.25, 0.3) is 10.9 Å². The molecule has 0 aliphatic carbocycles. The molecular formula is C16H17IN2O. The lowest BCUT2D eigenvalue weighted by molar-refractivity contribution is -0.117. The average molecular weight is 380 g/mol. The molecule has 1 amide bonds. The maximum atomic E-state index is 12.1. The third kappa shape index (κ3) is 3.36. The van der Waals surface area contributed by atoms with Gasteiger partial charge in [-0.3, -0.25) is 9.78 Å². The van der Waals surface area contributed by atoms with E-state index in [4.69, 9.17) is 0 Å². The molecule has 0 saturated carbocycles. The Bertz CT molecular complexity index is 665. The van der Waals surface area contributed by atoms with E-state index in [2.05, 4.69) is 39.5 Å². The minimum atomic E-state index is -0.212. The number of aromatic nitrogens is 1. The molecule has 0 radical (unpaired) electrons. The molecule has 0 aliphatic rings. The lowest BCUT2D eigenvalue weighted by Gasteiger charge is -2.19. The van der Waals surface area contributed by atoms with Crippen molar-refractivity contribution in [2.45, 2.75) is 20.3 Å². The van der Waals surface area contributed by atoms with Gasteiger partial charge in [-0.25, -0.2) is 0 Å². The van der Waals surface area contributed by atoms with Crippen LogP contribution in [-0.2, 0) is 4.79 Å². The normalized spacial score (nSPS) is 11.3. The molecular weight excluding hydrogens is 363 g/mol. The Morgan fingerprint density at radius 2 is 2.20 bits per heavy atom. The number of rotatable bonds is 4. The monoisotopic (exact) mass is 380 g/mol. The van der Waals surface area contributed by atoms with Gasteiger partial charge in [0.05, 0.1) is 11.2 Å². The van der Waals surface area contributed by atoms with Crippen LogP contribution in [0, 0.1) is 8.99 Å². The van der Waals surface area contributed by atoms with Crippen LogP contribution in [0.2, 0.25) is 0 Å². The summed E-state index contributed by atoms with van der Waals surface area (Å²) in [6.07, 6.45) is 3.94. The summed E-state index contributed by atoms with van der Waals surface area (Å²) in [5.41, 5.74) is 1.37.